The van der Waals surface area contributed by atoms with Crippen LogP contribution < -0.4 is 10.1 Å². The molecule has 0 bridgehead atoms. The van der Waals surface area contributed by atoms with Crippen LogP contribution >= 0.6 is 0 Å². The van der Waals surface area contributed by atoms with E-state index in [9.17, 15) is 9.59 Å². The van der Waals surface area contributed by atoms with Crippen molar-refractivity contribution in [2.75, 3.05) is 11.9 Å². The number of aryl methyl sites for hydroxylation is 1. The second-order valence-corrected chi connectivity index (χ2v) is 6.67. The van der Waals surface area contributed by atoms with Crippen molar-refractivity contribution in [3.05, 3.63) is 59.7 Å². The molecular weight excluding hydrogens is 318 g/mol. The van der Waals surface area contributed by atoms with Gasteiger partial charge in [0.2, 0.25) is 0 Å². The van der Waals surface area contributed by atoms with Crippen molar-refractivity contribution in [1.29, 1.82) is 0 Å². The molecule has 1 N–H and O–H groups in total. The van der Waals surface area contributed by atoms with Crippen LogP contribution in [0.25, 0.3) is 0 Å². The topological polar surface area (TPSA) is 64.6 Å². The summed E-state index contributed by atoms with van der Waals surface area (Å²) in [5.41, 5.74) is 1.73. The summed E-state index contributed by atoms with van der Waals surface area (Å²) in [5.74, 6) is -0.139. The van der Waals surface area contributed by atoms with Gasteiger partial charge in [-0.15, -0.1) is 0 Å². The highest BCUT2D eigenvalue weighted by Gasteiger charge is 2.16. The molecule has 2 rings (SSSR count). The molecule has 5 heteroatoms. The maximum Gasteiger partial charge on any atom is 0.344 e. The van der Waals surface area contributed by atoms with Crippen LogP contribution in [0.2, 0.25) is 0 Å². The third-order valence-electron chi connectivity index (χ3n) is 3.29. The highest BCUT2D eigenvalue weighted by molar-refractivity contribution is 6.04. The monoisotopic (exact) mass is 341 g/mol. The van der Waals surface area contributed by atoms with Crippen LogP contribution in [-0.4, -0.2) is 24.1 Å². The zero-order chi connectivity index (χ0) is 18.4. The van der Waals surface area contributed by atoms with E-state index in [0.717, 1.165) is 11.3 Å². The molecule has 0 aliphatic carbocycles. The number of anilines is 1. The summed E-state index contributed by atoms with van der Waals surface area (Å²) in [7, 11) is 0. The average molecular weight is 341 g/mol. The smallest absolute Gasteiger partial charge is 0.344 e. The first-order valence-electron chi connectivity index (χ1n) is 8.06. The first-order chi connectivity index (χ1) is 11.7. The van der Waals surface area contributed by atoms with Crippen LogP contribution in [0.4, 0.5) is 5.69 Å². The number of carbonyl (C=O) groups excluding carboxylic acids is 2. The molecule has 0 aliphatic heterocycles. The van der Waals surface area contributed by atoms with Crippen molar-refractivity contribution < 1.29 is 19.1 Å². The zero-order valence-electron chi connectivity index (χ0n) is 15.0. The summed E-state index contributed by atoms with van der Waals surface area (Å²) in [4.78, 5) is 23.9. The Bertz CT molecular complexity index is 745. The van der Waals surface area contributed by atoms with Gasteiger partial charge >= 0.3 is 5.97 Å². The van der Waals surface area contributed by atoms with Gasteiger partial charge in [0.05, 0.1) is 0 Å². The SMILES string of the molecule is Cc1ccccc1NC(=O)c1ccc(OCC(=O)OC(C)(C)C)cc1. The van der Waals surface area contributed by atoms with Crippen molar-refractivity contribution in [2.45, 2.75) is 33.3 Å². The van der Waals surface area contributed by atoms with Gasteiger partial charge in [-0.3, -0.25) is 4.79 Å². The minimum absolute atomic E-state index is 0.175. The summed E-state index contributed by atoms with van der Waals surface area (Å²) >= 11 is 0. The molecule has 0 aliphatic rings. The van der Waals surface area contributed by atoms with Crippen LogP contribution in [0.1, 0.15) is 36.7 Å². The van der Waals surface area contributed by atoms with Gasteiger partial charge in [0.15, 0.2) is 6.61 Å². The van der Waals surface area contributed by atoms with Crippen molar-refractivity contribution in [3.63, 3.8) is 0 Å². The third-order valence-corrected chi connectivity index (χ3v) is 3.29. The van der Waals surface area contributed by atoms with Gasteiger partial charge in [-0.1, -0.05) is 18.2 Å². The highest BCUT2D eigenvalue weighted by atomic mass is 16.6. The fourth-order valence-corrected chi connectivity index (χ4v) is 2.12. The van der Waals surface area contributed by atoms with E-state index >= 15 is 0 Å². The molecule has 0 fully saturated rings. The summed E-state index contributed by atoms with van der Waals surface area (Å²) in [6, 6.07) is 14.2. The number of hydrogen-bond donors (Lipinski definition) is 1. The fourth-order valence-electron chi connectivity index (χ4n) is 2.12. The summed E-state index contributed by atoms with van der Waals surface area (Å²) in [5, 5.41) is 2.87. The van der Waals surface area contributed by atoms with E-state index in [-0.39, 0.29) is 12.5 Å². The van der Waals surface area contributed by atoms with E-state index in [4.69, 9.17) is 9.47 Å². The summed E-state index contributed by atoms with van der Waals surface area (Å²) in [6.45, 7) is 7.15. The lowest BCUT2D eigenvalue weighted by atomic mass is 10.1. The van der Waals surface area contributed by atoms with Crippen LogP contribution in [0.5, 0.6) is 5.75 Å². The molecule has 0 spiro atoms. The predicted molar refractivity (Wildman–Crippen MR) is 96.9 cm³/mol. The maximum absolute atomic E-state index is 12.3. The van der Waals surface area contributed by atoms with E-state index in [1.807, 2.05) is 31.2 Å². The maximum atomic E-state index is 12.3. The Kier molecular flexibility index (Phi) is 5.80. The van der Waals surface area contributed by atoms with Crippen molar-refractivity contribution >= 4 is 17.6 Å². The molecule has 5 nitrogen and oxygen atoms in total. The number of rotatable bonds is 5. The number of carbonyl (C=O) groups is 2. The Hall–Kier alpha value is -2.82. The van der Waals surface area contributed by atoms with Gasteiger partial charge < -0.3 is 14.8 Å². The van der Waals surface area contributed by atoms with E-state index in [1.165, 1.54) is 0 Å². The van der Waals surface area contributed by atoms with E-state index in [0.29, 0.717) is 11.3 Å². The Morgan fingerprint density at radius 3 is 2.24 bits per heavy atom. The second-order valence-electron chi connectivity index (χ2n) is 6.67. The van der Waals surface area contributed by atoms with Crippen molar-refractivity contribution in [3.8, 4) is 5.75 Å². The molecular formula is C20H23NO4. The third kappa shape index (κ3) is 5.95. The molecule has 0 heterocycles. The molecule has 0 saturated carbocycles. The highest BCUT2D eigenvalue weighted by Crippen LogP contribution is 2.17. The molecule has 1 amide bonds. The molecule has 0 radical (unpaired) electrons. The van der Waals surface area contributed by atoms with Gasteiger partial charge in [0.25, 0.3) is 5.91 Å². The Labute approximate surface area is 148 Å². The molecule has 0 aromatic heterocycles. The summed E-state index contributed by atoms with van der Waals surface area (Å²) in [6.07, 6.45) is 0. The molecule has 2 aromatic carbocycles. The van der Waals surface area contributed by atoms with Crippen LogP contribution in [0, 0.1) is 6.92 Å². The molecule has 0 atom stereocenters. The number of nitrogens with one attached hydrogen (secondary N) is 1. The summed E-state index contributed by atoms with van der Waals surface area (Å²) < 4.78 is 10.6. The number of hydrogen-bond acceptors (Lipinski definition) is 4. The number of ether oxygens (including phenoxy) is 2. The van der Waals surface area contributed by atoms with Crippen molar-refractivity contribution in [2.24, 2.45) is 0 Å². The van der Waals surface area contributed by atoms with Gasteiger partial charge in [-0.05, 0) is 63.6 Å². The normalized spacial score (nSPS) is 10.9. The molecule has 25 heavy (non-hydrogen) atoms. The molecule has 132 valence electrons. The van der Waals surface area contributed by atoms with Gasteiger partial charge in [0.1, 0.15) is 11.4 Å². The Morgan fingerprint density at radius 1 is 1.00 bits per heavy atom. The lowest BCUT2D eigenvalue weighted by Crippen LogP contribution is -2.27. The largest absolute Gasteiger partial charge is 0.482 e. The number of benzene rings is 2. The van der Waals surface area contributed by atoms with Gasteiger partial charge in [-0.2, -0.15) is 0 Å². The minimum Gasteiger partial charge on any atom is -0.482 e. The Balaban J connectivity index is 1.92. The number of amides is 1. The first kappa shape index (κ1) is 18.5. The van der Waals surface area contributed by atoms with E-state index in [1.54, 1.807) is 45.0 Å². The van der Waals surface area contributed by atoms with Crippen LogP contribution in [-0.2, 0) is 9.53 Å². The second kappa shape index (κ2) is 7.83. The minimum atomic E-state index is -0.544. The number of esters is 1. The number of para-hydroxylation sites is 1. The van der Waals surface area contributed by atoms with Gasteiger partial charge in [-0.25, -0.2) is 4.79 Å². The average Bonchev–Trinajstić information content (AvgIpc) is 2.54. The van der Waals surface area contributed by atoms with Crippen LogP contribution in [0.3, 0.4) is 0 Å². The van der Waals surface area contributed by atoms with E-state index in [2.05, 4.69) is 5.32 Å². The molecule has 2 aromatic rings. The molecule has 0 unspecified atom stereocenters. The quantitative estimate of drug-likeness (QED) is 0.836. The van der Waals surface area contributed by atoms with E-state index < -0.39 is 11.6 Å². The Morgan fingerprint density at radius 2 is 1.64 bits per heavy atom. The van der Waals surface area contributed by atoms with Crippen LogP contribution in [0.15, 0.2) is 48.5 Å². The van der Waals surface area contributed by atoms with Gasteiger partial charge in [0, 0.05) is 11.3 Å². The van der Waals surface area contributed by atoms with Crippen molar-refractivity contribution in [1.82, 2.24) is 0 Å². The standard InChI is InChI=1S/C20H23NO4/c1-14-7-5-6-8-17(14)21-19(23)15-9-11-16(12-10-15)24-13-18(22)25-20(2,3)4/h5-12H,13H2,1-4H3,(H,21,23). The zero-order valence-corrected chi connectivity index (χ0v) is 15.0. The fraction of sp³-hybridized carbons (Fsp3) is 0.300. The first-order valence-corrected chi connectivity index (χ1v) is 8.06. The lowest BCUT2D eigenvalue weighted by Gasteiger charge is -2.19. The lowest BCUT2D eigenvalue weighted by molar-refractivity contribution is -0.157. The predicted octanol–water partition coefficient (Wildman–Crippen LogP) is 3.97. The molecule has 0 saturated heterocycles.